The van der Waals surface area contributed by atoms with Crippen LogP contribution in [0.15, 0.2) is 42.0 Å². The Hall–Kier alpha value is -2.22. The number of carbonyl (C=O) groups is 2. The van der Waals surface area contributed by atoms with Gasteiger partial charge < -0.3 is 10.8 Å². The number of rotatable bonds is 2. The van der Waals surface area contributed by atoms with Gasteiger partial charge in [0.2, 0.25) is 0 Å². The zero-order chi connectivity index (χ0) is 26.5. The fourth-order valence-corrected chi connectivity index (χ4v) is 9.03. The molecule has 1 unspecified atom stereocenters. The maximum absolute atomic E-state index is 12.4. The highest BCUT2D eigenvalue weighted by Crippen LogP contribution is 2.63. The number of primary amides is 1. The summed E-state index contributed by atoms with van der Waals surface area (Å²) in [4.78, 5) is 24.1. The minimum Gasteiger partial charge on any atom is -0.393 e. The van der Waals surface area contributed by atoms with Crippen LogP contribution in [0.4, 0.5) is 4.79 Å². The predicted octanol–water partition coefficient (Wildman–Crippen LogP) is 6.61. The number of urea groups is 1. The number of aliphatic hydroxyl groups is 1. The van der Waals surface area contributed by atoms with Gasteiger partial charge in [-0.1, -0.05) is 43.7 Å². The summed E-state index contributed by atoms with van der Waals surface area (Å²) in [6, 6.07) is 8.60. The first-order valence-electron chi connectivity index (χ1n) is 13.7. The van der Waals surface area contributed by atoms with Crippen molar-refractivity contribution in [1.29, 1.82) is 0 Å². The van der Waals surface area contributed by atoms with Crippen LogP contribution in [0.2, 0.25) is 0 Å². The number of allylic oxidation sites excluding steroid dienone is 1. The standard InChI is InChI=1S/C19H28O2.C11H12N2O2S/c1-18-9-7-13(20)11-12(18)3-4-14-15-5-6-17(21)19(15,2)10-8-16(14)18;1-7(13(15)11(12)14)10-6-8-4-2-3-5-9(8)16-10/h3,13-16,20H,4-11H2,1-2H3;2-7,15H,1H3,(H2,12,14)/t13-,14-,15-,16-,18-,19-;/m0./s1. The van der Waals surface area contributed by atoms with Crippen LogP contribution in [0.25, 0.3) is 10.1 Å². The smallest absolute Gasteiger partial charge is 0.339 e. The monoisotopic (exact) mass is 524 g/mol. The summed E-state index contributed by atoms with van der Waals surface area (Å²) in [5.41, 5.74) is 6.82. The molecule has 6 rings (SSSR count). The summed E-state index contributed by atoms with van der Waals surface area (Å²) in [6.45, 7) is 6.42. The fourth-order valence-electron chi connectivity index (χ4n) is 7.93. The molecule has 4 aliphatic rings. The summed E-state index contributed by atoms with van der Waals surface area (Å²) in [5, 5.41) is 21.1. The molecule has 2 amide bonds. The molecule has 3 fully saturated rings. The van der Waals surface area contributed by atoms with Crippen molar-refractivity contribution >= 4 is 33.2 Å². The van der Waals surface area contributed by atoms with E-state index in [0.717, 1.165) is 65.8 Å². The predicted molar refractivity (Wildman–Crippen MR) is 146 cm³/mol. The van der Waals surface area contributed by atoms with Crippen LogP contribution in [0.1, 0.15) is 83.1 Å². The van der Waals surface area contributed by atoms with Crippen molar-refractivity contribution in [2.24, 2.45) is 34.3 Å². The van der Waals surface area contributed by atoms with E-state index < -0.39 is 12.1 Å². The average molecular weight is 525 g/mol. The average Bonchev–Trinajstić information content (AvgIpc) is 3.44. The molecule has 1 heterocycles. The van der Waals surface area contributed by atoms with Crippen LogP contribution in [0.5, 0.6) is 0 Å². The molecule has 0 bridgehead atoms. The van der Waals surface area contributed by atoms with E-state index in [1.54, 1.807) is 18.3 Å². The van der Waals surface area contributed by atoms with Gasteiger partial charge in [-0.25, -0.2) is 4.79 Å². The molecular formula is C30H40N2O4S. The molecule has 7 atom stereocenters. The van der Waals surface area contributed by atoms with Gasteiger partial charge in [0.05, 0.1) is 12.1 Å². The van der Waals surface area contributed by atoms with E-state index >= 15 is 0 Å². The lowest BCUT2D eigenvalue weighted by Gasteiger charge is -2.56. The van der Waals surface area contributed by atoms with Gasteiger partial charge in [-0.05, 0) is 92.6 Å². The van der Waals surface area contributed by atoms with Gasteiger partial charge in [0.25, 0.3) is 0 Å². The number of benzene rings is 1. The summed E-state index contributed by atoms with van der Waals surface area (Å²) in [7, 11) is 0. The molecule has 0 saturated heterocycles. The molecule has 1 aromatic heterocycles. The van der Waals surface area contributed by atoms with E-state index in [4.69, 9.17) is 5.73 Å². The molecule has 0 radical (unpaired) electrons. The van der Waals surface area contributed by atoms with E-state index in [1.807, 2.05) is 30.3 Å². The van der Waals surface area contributed by atoms with Crippen LogP contribution < -0.4 is 5.73 Å². The zero-order valence-electron chi connectivity index (χ0n) is 22.2. The number of aliphatic hydroxyl groups excluding tert-OH is 1. The second-order valence-corrected chi connectivity index (χ2v) is 13.2. The third-order valence-corrected chi connectivity index (χ3v) is 11.5. The molecule has 200 valence electrons. The number of nitrogens with two attached hydrogens (primary N) is 1. The van der Waals surface area contributed by atoms with Gasteiger partial charge in [0, 0.05) is 21.4 Å². The van der Waals surface area contributed by atoms with Crippen molar-refractivity contribution in [2.75, 3.05) is 0 Å². The van der Waals surface area contributed by atoms with Crippen LogP contribution in [-0.4, -0.2) is 33.3 Å². The van der Waals surface area contributed by atoms with E-state index in [1.165, 1.54) is 12.0 Å². The number of amides is 2. The highest BCUT2D eigenvalue weighted by molar-refractivity contribution is 7.19. The normalized spacial score (nSPS) is 35.4. The number of Topliss-reactive ketones (excluding diaryl/α,β-unsaturated/α-hetero) is 1. The lowest BCUT2D eigenvalue weighted by Crippen LogP contribution is -2.50. The van der Waals surface area contributed by atoms with Crippen LogP contribution in [0.3, 0.4) is 0 Å². The summed E-state index contributed by atoms with van der Waals surface area (Å²) in [6.07, 6.45) is 10.7. The summed E-state index contributed by atoms with van der Waals surface area (Å²) in [5.74, 6) is 2.60. The summed E-state index contributed by atoms with van der Waals surface area (Å²) < 4.78 is 1.13. The number of ketones is 1. The molecule has 1 aromatic carbocycles. The lowest BCUT2D eigenvalue weighted by atomic mass is 9.48. The Balaban J connectivity index is 0.000000158. The fraction of sp³-hybridized carbons (Fsp3) is 0.600. The number of thiophene rings is 1. The molecule has 0 spiro atoms. The molecule has 4 N–H and O–H groups in total. The van der Waals surface area contributed by atoms with Gasteiger partial charge in [-0.15, -0.1) is 11.3 Å². The largest absolute Gasteiger partial charge is 0.393 e. The first-order chi connectivity index (χ1) is 17.5. The molecule has 7 heteroatoms. The Morgan fingerprint density at radius 3 is 2.57 bits per heavy atom. The van der Waals surface area contributed by atoms with Gasteiger partial charge in [0.15, 0.2) is 0 Å². The Labute approximate surface area is 223 Å². The molecule has 2 aromatic rings. The number of carbonyl (C=O) groups excluding carboxylic acids is 2. The van der Waals surface area contributed by atoms with Gasteiger partial charge in [0.1, 0.15) is 5.78 Å². The van der Waals surface area contributed by atoms with Gasteiger partial charge in [-0.3, -0.25) is 10.0 Å². The van der Waals surface area contributed by atoms with Crippen molar-refractivity contribution in [3.63, 3.8) is 0 Å². The van der Waals surface area contributed by atoms with Crippen molar-refractivity contribution in [3.8, 4) is 0 Å². The van der Waals surface area contributed by atoms with Crippen LogP contribution >= 0.6 is 11.3 Å². The van der Waals surface area contributed by atoms with Crippen LogP contribution in [-0.2, 0) is 4.79 Å². The topological polar surface area (TPSA) is 104 Å². The minimum atomic E-state index is -0.843. The number of nitrogens with zero attached hydrogens (tertiary/aromatic N) is 1. The Kier molecular flexibility index (Phi) is 7.01. The first-order valence-corrected chi connectivity index (χ1v) is 14.5. The Bertz CT molecular complexity index is 1190. The lowest BCUT2D eigenvalue weighted by molar-refractivity contribution is -0.132. The van der Waals surface area contributed by atoms with E-state index in [9.17, 15) is 19.9 Å². The number of hydroxylamine groups is 2. The molecule has 0 aliphatic heterocycles. The SMILES string of the molecule is CC(c1cc2ccccc2s1)N(O)C(N)=O.C[C@]12CC[C@H](O)CC1=CC[C@@H]1[C@@H]2CC[C@]2(C)C(=O)CC[C@@H]12. The maximum atomic E-state index is 12.4. The maximum Gasteiger partial charge on any atom is 0.339 e. The van der Waals surface area contributed by atoms with E-state index in [-0.39, 0.29) is 11.5 Å². The highest BCUT2D eigenvalue weighted by atomic mass is 32.1. The minimum absolute atomic E-state index is 0.0168. The molecular weight excluding hydrogens is 484 g/mol. The zero-order valence-corrected chi connectivity index (χ0v) is 23.0. The van der Waals surface area contributed by atoms with E-state index in [0.29, 0.717) is 28.1 Å². The second-order valence-electron chi connectivity index (χ2n) is 12.1. The third kappa shape index (κ3) is 4.53. The van der Waals surface area contributed by atoms with Crippen molar-refractivity contribution in [1.82, 2.24) is 5.06 Å². The first kappa shape index (κ1) is 26.4. The quantitative estimate of drug-likeness (QED) is 0.233. The van der Waals surface area contributed by atoms with Crippen molar-refractivity contribution in [3.05, 3.63) is 46.9 Å². The Morgan fingerprint density at radius 2 is 1.84 bits per heavy atom. The number of hydrogen-bond donors (Lipinski definition) is 3. The third-order valence-electron chi connectivity index (χ3n) is 10.2. The van der Waals surface area contributed by atoms with Crippen molar-refractivity contribution < 1.29 is 19.9 Å². The van der Waals surface area contributed by atoms with E-state index in [2.05, 4.69) is 19.9 Å². The molecule has 4 aliphatic carbocycles. The molecule has 37 heavy (non-hydrogen) atoms. The highest BCUT2D eigenvalue weighted by Gasteiger charge is 2.58. The number of hydrogen-bond acceptors (Lipinski definition) is 5. The van der Waals surface area contributed by atoms with Gasteiger partial charge >= 0.3 is 6.03 Å². The Morgan fingerprint density at radius 1 is 1.14 bits per heavy atom. The van der Waals surface area contributed by atoms with Crippen LogP contribution in [0, 0.1) is 28.6 Å². The van der Waals surface area contributed by atoms with Crippen molar-refractivity contribution in [2.45, 2.75) is 84.3 Å². The summed E-state index contributed by atoms with van der Waals surface area (Å²) >= 11 is 1.54. The molecule has 6 nitrogen and oxygen atoms in total. The molecule has 3 saturated carbocycles. The number of fused-ring (bicyclic) bond motifs is 6. The second kappa shape index (κ2) is 9.83. The van der Waals surface area contributed by atoms with Gasteiger partial charge in [-0.2, -0.15) is 5.06 Å².